The Balaban J connectivity index is 1.71. The highest BCUT2D eigenvalue weighted by Gasteiger charge is 2.04. The van der Waals surface area contributed by atoms with Crippen LogP contribution in [0.3, 0.4) is 0 Å². The van der Waals surface area contributed by atoms with Crippen molar-refractivity contribution in [1.82, 2.24) is 5.48 Å². The van der Waals surface area contributed by atoms with Gasteiger partial charge in [0.2, 0.25) is 0 Å². The topological polar surface area (TPSA) is 41.5 Å². The van der Waals surface area contributed by atoms with Crippen molar-refractivity contribution < 1.29 is 9.94 Å². The summed E-state index contributed by atoms with van der Waals surface area (Å²) >= 11 is 6.05. The van der Waals surface area contributed by atoms with Gasteiger partial charge < -0.3 is 9.94 Å². The number of rotatable bonds is 6. The Hall–Kier alpha value is -2.33. The Morgan fingerprint density at radius 1 is 0.960 bits per heavy atom. The Morgan fingerprint density at radius 3 is 2.48 bits per heavy atom. The van der Waals surface area contributed by atoms with E-state index in [-0.39, 0.29) is 0 Å². The normalized spacial score (nSPS) is 10.7. The van der Waals surface area contributed by atoms with Crippen molar-refractivity contribution in [2.45, 2.75) is 20.1 Å². The Labute approximate surface area is 152 Å². The molecule has 0 atom stereocenters. The third kappa shape index (κ3) is 4.60. The van der Waals surface area contributed by atoms with E-state index in [2.05, 4.69) is 30.6 Å². The monoisotopic (exact) mass is 353 g/mol. The zero-order chi connectivity index (χ0) is 17.6. The molecule has 0 fully saturated rings. The van der Waals surface area contributed by atoms with E-state index in [4.69, 9.17) is 21.5 Å². The highest BCUT2D eigenvalue weighted by atomic mass is 35.5. The second kappa shape index (κ2) is 8.17. The highest BCUT2D eigenvalue weighted by molar-refractivity contribution is 6.30. The first-order valence-electron chi connectivity index (χ1n) is 8.10. The third-order valence-corrected chi connectivity index (χ3v) is 4.27. The van der Waals surface area contributed by atoms with Gasteiger partial charge in [0.05, 0.1) is 0 Å². The van der Waals surface area contributed by atoms with Crippen LogP contribution in [-0.4, -0.2) is 5.21 Å². The molecule has 0 aliphatic rings. The van der Waals surface area contributed by atoms with E-state index < -0.39 is 0 Å². The van der Waals surface area contributed by atoms with Gasteiger partial charge in [0.1, 0.15) is 12.4 Å². The van der Waals surface area contributed by atoms with E-state index in [9.17, 15) is 0 Å². The van der Waals surface area contributed by atoms with Crippen molar-refractivity contribution in [3.63, 3.8) is 0 Å². The number of nitrogens with one attached hydrogen (secondary N) is 1. The second-order valence-corrected chi connectivity index (χ2v) is 6.36. The van der Waals surface area contributed by atoms with Gasteiger partial charge in [0.25, 0.3) is 0 Å². The summed E-state index contributed by atoms with van der Waals surface area (Å²) in [5.41, 5.74) is 7.72. The van der Waals surface area contributed by atoms with Gasteiger partial charge in [-0.2, -0.15) is 0 Å². The van der Waals surface area contributed by atoms with E-state index in [1.807, 2.05) is 48.5 Å². The summed E-state index contributed by atoms with van der Waals surface area (Å²) in [6.07, 6.45) is 0. The molecule has 25 heavy (non-hydrogen) atoms. The van der Waals surface area contributed by atoms with E-state index in [0.717, 1.165) is 33.0 Å². The van der Waals surface area contributed by atoms with Gasteiger partial charge in [-0.1, -0.05) is 48.0 Å². The number of hydrogen-bond acceptors (Lipinski definition) is 3. The smallest absolute Gasteiger partial charge is 0.119 e. The fraction of sp³-hybridized carbons (Fsp3) is 0.143. The minimum absolute atomic E-state index is 0.419. The van der Waals surface area contributed by atoms with Crippen LogP contribution in [-0.2, 0) is 13.2 Å². The first-order valence-corrected chi connectivity index (χ1v) is 8.47. The fourth-order valence-corrected chi connectivity index (χ4v) is 2.97. The van der Waals surface area contributed by atoms with Gasteiger partial charge in [-0.05, 0) is 65.1 Å². The van der Waals surface area contributed by atoms with Crippen LogP contribution >= 0.6 is 11.6 Å². The summed E-state index contributed by atoms with van der Waals surface area (Å²) in [7, 11) is 0. The SMILES string of the molecule is Cc1cc(Cl)ccc1-c1cccc(COc2ccc(CNO)cc2)c1. The molecule has 4 heteroatoms. The summed E-state index contributed by atoms with van der Waals surface area (Å²) < 4.78 is 5.86. The average molecular weight is 354 g/mol. The van der Waals surface area contributed by atoms with Crippen molar-refractivity contribution in [2.75, 3.05) is 0 Å². The zero-order valence-corrected chi connectivity index (χ0v) is 14.8. The fourth-order valence-electron chi connectivity index (χ4n) is 2.74. The molecule has 0 aliphatic carbocycles. The van der Waals surface area contributed by atoms with E-state index in [0.29, 0.717) is 13.2 Å². The molecule has 0 bridgehead atoms. The summed E-state index contributed by atoms with van der Waals surface area (Å²) in [5.74, 6) is 0.801. The maximum Gasteiger partial charge on any atom is 0.119 e. The van der Waals surface area contributed by atoms with Crippen molar-refractivity contribution >= 4 is 11.6 Å². The summed E-state index contributed by atoms with van der Waals surface area (Å²) in [6.45, 7) is 2.98. The van der Waals surface area contributed by atoms with Gasteiger partial charge in [0, 0.05) is 11.6 Å². The first-order chi connectivity index (χ1) is 12.2. The van der Waals surface area contributed by atoms with Gasteiger partial charge >= 0.3 is 0 Å². The molecule has 2 N–H and O–H groups in total. The molecule has 0 unspecified atom stereocenters. The Kier molecular flexibility index (Phi) is 5.71. The van der Waals surface area contributed by atoms with Crippen LogP contribution in [0.1, 0.15) is 16.7 Å². The van der Waals surface area contributed by atoms with Crippen molar-refractivity contribution in [3.05, 3.63) is 88.4 Å². The minimum atomic E-state index is 0.419. The van der Waals surface area contributed by atoms with E-state index in [1.54, 1.807) is 0 Å². The lowest BCUT2D eigenvalue weighted by Gasteiger charge is -2.10. The number of ether oxygens (including phenoxy) is 1. The molecule has 3 aromatic rings. The molecule has 0 heterocycles. The second-order valence-electron chi connectivity index (χ2n) is 5.93. The predicted octanol–water partition coefficient (Wildman–Crippen LogP) is 5.37. The average Bonchev–Trinajstić information content (AvgIpc) is 2.62. The number of hydroxylamine groups is 1. The number of halogens is 1. The molecule has 3 nitrogen and oxygen atoms in total. The molecule has 0 radical (unpaired) electrons. The largest absolute Gasteiger partial charge is 0.489 e. The summed E-state index contributed by atoms with van der Waals surface area (Å²) in [4.78, 5) is 0. The van der Waals surface area contributed by atoms with E-state index >= 15 is 0 Å². The predicted molar refractivity (Wildman–Crippen MR) is 101 cm³/mol. The number of aryl methyl sites for hydroxylation is 1. The summed E-state index contributed by atoms with van der Waals surface area (Å²) in [5, 5.41) is 9.46. The maximum atomic E-state index is 8.71. The number of hydrogen-bond donors (Lipinski definition) is 2. The minimum Gasteiger partial charge on any atom is -0.489 e. The maximum absolute atomic E-state index is 8.71. The van der Waals surface area contributed by atoms with Crippen LogP contribution in [0, 0.1) is 6.92 Å². The molecule has 0 amide bonds. The molecule has 128 valence electrons. The van der Waals surface area contributed by atoms with Crippen molar-refractivity contribution in [1.29, 1.82) is 0 Å². The lowest BCUT2D eigenvalue weighted by molar-refractivity contribution is 0.161. The van der Waals surface area contributed by atoms with Crippen LogP contribution in [0.5, 0.6) is 5.75 Å². The molecule has 0 saturated carbocycles. The van der Waals surface area contributed by atoms with Gasteiger partial charge in [-0.25, -0.2) is 5.48 Å². The van der Waals surface area contributed by atoms with Crippen LogP contribution < -0.4 is 10.2 Å². The van der Waals surface area contributed by atoms with Crippen LogP contribution in [0.15, 0.2) is 66.7 Å². The summed E-state index contributed by atoms with van der Waals surface area (Å²) in [6, 6.07) is 21.9. The highest BCUT2D eigenvalue weighted by Crippen LogP contribution is 2.27. The zero-order valence-electron chi connectivity index (χ0n) is 14.0. The standard InChI is InChI=1S/C21H20ClNO2/c1-15-11-19(22)7-10-21(15)18-4-2-3-17(12-18)14-25-20-8-5-16(6-9-20)13-23-24/h2-12,23-24H,13-14H2,1H3. The first kappa shape index (κ1) is 17.5. The molecule has 0 spiro atoms. The van der Waals surface area contributed by atoms with Crippen molar-refractivity contribution in [2.24, 2.45) is 0 Å². The Morgan fingerprint density at radius 2 is 1.76 bits per heavy atom. The van der Waals surface area contributed by atoms with E-state index in [1.165, 1.54) is 5.56 Å². The molecular formula is C21H20ClNO2. The molecule has 0 aromatic heterocycles. The molecule has 0 saturated heterocycles. The van der Waals surface area contributed by atoms with Crippen molar-refractivity contribution in [3.8, 4) is 16.9 Å². The lowest BCUT2D eigenvalue weighted by atomic mass is 9.99. The molecular weight excluding hydrogens is 334 g/mol. The molecule has 0 aliphatic heterocycles. The van der Waals surface area contributed by atoms with Gasteiger partial charge in [-0.15, -0.1) is 0 Å². The molecule has 3 rings (SSSR count). The van der Waals surface area contributed by atoms with Crippen LogP contribution in [0.25, 0.3) is 11.1 Å². The van der Waals surface area contributed by atoms with Gasteiger partial charge in [-0.3, -0.25) is 0 Å². The quantitative estimate of drug-likeness (QED) is 0.585. The number of benzene rings is 3. The van der Waals surface area contributed by atoms with Crippen LogP contribution in [0.2, 0.25) is 5.02 Å². The lowest BCUT2D eigenvalue weighted by Crippen LogP contribution is -2.05. The van der Waals surface area contributed by atoms with Crippen LogP contribution in [0.4, 0.5) is 0 Å². The Bertz CT molecular complexity index is 847. The third-order valence-electron chi connectivity index (χ3n) is 4.04. The molecule has 3 aromatic carbocycles. The van der Waals surface area contributed by atoms with Gasteiger partial charge in [0.15, 0.2) is 0 Å².